The highest BCUT2D eigenvalue weighted by atomic mass is 79.9. The van der Waals surface area contributed by atoms with Crippen molar-refractivity contribution >= 4 is 33.2 Å². The zero-order chi connectivity index (χ0) is 13.8. The number of nitrogens with zero attached hydrogens (tertiary/aromatic N) is 1. The quantitative estimate of drug-likeness (QED) is 0.719. The van der Waals surface area contributed by atoms with Gasteiger partial charge in [-0.3, -0.25) is 0 Å². The largest absolute Gasteiger partial charge is 0.457 e. The summed E-state index contributed by atoms with van der Waals surface area (Å²) in [6, 6.07) is 13.6. The van der Waals surface area contributed by atoms with Gasteiger partial charge in [0.2, 0.25) is 0 Å². The summed E-state index contributed by atoms with van der Waals surface area (Å²) in [6.07, 6.45) is 0. The van der Waals surface area contributed by atoms with Crippen molar-refractivity contribution in [3.8, 4) is 11.5 Å². The molecule has 0 N–H and O–H groups in total. The normalized spacial score (nSPS) is 10.3. The van der Waals surface area contributed by atoms with Crippen molar-refractivity contribution in [1.82, 2.24) is 0 Å². The minimum absolute atomic E-state index is 0.705. The molecule has 4 heteroatoms. The second-order valence-corrected chi connectivity index (χ2v) is 5.38. The molecule has 0 aliphatic carbocycles. The molecule has 0 fully saturated rings. The van der Waals surface area contributed by atoms with Crippen molar-refractivity contribution in [3.05, 3.63) is 53.1 Å². The number of ether oxygens (including phenoxy) is 1. The van der Waals surface area contributed by atoms with Crippen LogP contribution in [-0.2, 0) is 5.33 Å². The molecule has 2 rings (SSSR count). The monoisotopic (exact) mass is 339 g/mol. The fraction of sp³-hybridized carbons (Fsp3) is 0.200. The van der Waals surface area contributed by atoms with Crippen LogP contribution >= 0.6 is 27.5 Å². The summed E-state index contributed by atoms with van der Waals surface area (Å²) in [7, 11) is 4.01. The predicted molar refractivity (Wildman–Crippen MR) is 84.9 cm³/mol. The van der Waals surface area contributed by atoms with Gasteiger partial charge in [-0.15, -0.1) is 0 Å². The SMILES string of the molecule is CN(C)c1cccc(Oc2ccc(Cl)cc2CBr)c1. The van der Waals surface area contributed by atoms with Crippen molar-refractivity contribution in [1.29, 1.82) is 0 Å². The number of rotatable bonds is 4. The van der Waals surface area contributed by atoms with E-state index < -0.39 is 0 Å². The van der Waals surface area contributed by atoms with Gasteiger partial charge in [0.15, 0.2) is 0 Å². The average molecular weight is 341 g/mol. The molecule has 2 aromatic carbocycles. The third kappa shape index (κ3) is 3.64. The first-order valence-electron chi connectivity index (χ1n) is 5.90. The van der Waals surface area contributed by atoms with Gasteiger partial charge in [0.1, 0.15) is 11.5 Å². The van der Waals surface area contributed by atoms with Crippen molar-refractivity contribution in [3.63, 3.8) is 0 Å². The van der Waals surface area contributed by atoms with E-state index in [2.05, 4.69) is 15.9 Å². The van der Waals surface area contributed by atoms with E-state index >= 15 is 0 Å². The van der Waals surface area contributed by atoms with Crippen LogP contribution in [0, 0.1) is 0 Å². The first kappa shape index (κ1) is 14.2. The maximum Gasteiger partial charge on any atom is 0.131 e. The Kier molecular flexibility index (Phi) is 4.72. The first-order chi connectivity index (χ1) is 9.10. The van der Waals surface area contributed by atoms with Gasteiger partial charge < -0.3 is 9.64 Å². The van der Waals surface area contributed by atoms with Gasteiger partial charge >= 0.3 is 0 Å². The molecule has 0 aliphatic rings. The number of alkyl halides is 1. The number of hydrogen-bond donors (Lipinski definition) is 0. The van der Waals surface area contributed by atoms with Crippen LogP contribution in [-0.4, -0.2) is 14.1 Å². The summed E-state index contributed by atoms with van der Waals surface area (Å²) in [4.78, 5) is 2.04. The highest BCUT2D eigenvalue weighted by Crippen LogP contribution is 2.30. The van der Waals surface area contributed by atoms with Crippen LogP contribution in [0.1, 0.15) is 5.56 Å². The Hall–Kier alpha value is -1.19. The molecular formula is C15H15BrClNO. The van der Waals surface area contributed by atoms with Crippen LogP contribution in [0.25, 0.3) is 0 Å². The van der Waals surface area contributed by atoms with E-state index in [1.807, 2.05) is 61.5 Å². The fourth-order valence-corrected chi connectivity index (χ4v) is 2.34. The summed E-state index contributed by atoms with van der Waals surface area (Å²) in [5.74, 6) is 1.63. The van der Waals surface area contributed by atoms with E-state index in [-0.39, 0.29) is 0 Å². The van der Waals surface area contributed by atoms with Crippen molar-refractivity contribution in [2.75, 3.05) is 19.0 Å². The Morgan fingerprint density at radius 1 is 1.16 bits per heavy atom. The summed E-state index contributed by atoms with van der Waals surface area (Å²) < 4.78 is 5.93. The van der Waals surface area contributed by atoms with Gasteiger partial charge in [0, 0.05) is 41.8 Å². The molecule has 0 radical (unpaired) electrons. The van der Waals surface area contributed by atoms with Crippen LogP contribution < -0.4 is 9.64 Å². The lowest BCUT2D eigenvalue weighted by atomic mass is 10.2. The molecule has 0 aromatic heterocycles. The Labute approximate surface area is 127 Å². The summed E-state index contributed by atoms with van der Waals surface area (Å²) in [5, 5.41) is 1.42. The van der Waals surface area contributed by atoms with E-state index in [0.29, 0.717) is 10.4 Å². The van der Waals surface area contributed by atoms with Gasteiger partial charge in [0.05, 0.1) is 0 Å². The topological polar surface area (TPSA) is 12.5 Å². The third-order valence-electron chi connectivity index (χ3n) is 2.73. The first-order valence-corrected chi connectivity index (χ1v) is 7.39. The predicted octanol–water partition coefficient (Wildman–Crippen LogP) is 5.09. The molecule has 19 heavy (non-hydrogen) atoms. The second-order valence-electron chi connectivity index (χ2n) is 4.38. The lowest BCUT2D eigenvalue weighted by molar-refractivity contribution is 0.478. The Morgan fingerprint density at radius 2 is 1.95 bits per heavy atom. The molecular weight excluding hydrogens is 326 g/mol. The zero-order valence-corrected chi connectivity index (χ0v) is 13.2. The van der Waals surface area contributed by atoms with Crippen LogP contribution in [0.3, 0.4) is 0 Å². The smallest absolute Gasteiger partial charge is 0.131 e. The van der Waals surface area contributed by atoms with E-state index in [0.717, 1.165) is 22.7 Å². The number of halogens is 2. The molecule has 0 saturated heterocycles. The number of anilines is 1. The zero-order valence-electron chi connectivity index (χ0n) is 10.9. The Morgan fingerprint density at radius 3 is 2.63 bits per heavy atom. The van der Waals surface area contributed by atoms with E-state index in [1.54, 1.807) is 0 Å². The summed E-state index contributed by atoms with van der Waals surface area (Å²) in [5.41, 5.74) is 2.13. The van der Waals surface area contributed by atoms with Gasteiger partial charge in [0.25, 0.3) is 0 Å². The van der Waals surface area contributed by atoms with Crippen LogP contribution in [0.4, 0.5) is 5.69 Å². The van der Waals surface area contributed by atoms with Crippen LogP contribution in [0.2, 0.25) is 5.02 Å². The summed E-state index contributed by atoms with van der Waals surface area (Å²) in [6.45, 7) is 0. The molecule has 2 nitrogen and oxygen atoms in total. The molecule has 0 amide bonds. The van der Waals surface area contributed by atoms with Gasteiger partial charge in [-0.2, -0.15) is 0 Å². The summed E-state index contributed by atoms with van der Waals surface area (Å²) >= 11 is 9.43. The fourth-order valence-electron chi connectivity index (χ4n) is 1.70. The second kappa shape index (κ2) is 6.31. The Bertz CT molecular complexity index is 572. The number of hydrogen-bond acceptors (Lipinski definition) is 2. The molecule has 0 heterocycles. The average Bonchev–Trinajstić information content (AvgIpc) is 2.41. The van der Waals surface area contributed by atoms with Crippen molar-refractivity contribution in [2.24, 2.45) is 0 Å². The van der Waals surface area contributed by atoms with Crippen molar-refractivity contribution < 1.29 is 4.74 Å². The van der Waals surface area contributed by atoms with Crippen LogP contribution in [0.15, 0.2) is 42.5 Å². The molecule has 0 bridgehead atoms. The van der Waals surface area contributed by atoms with E-state index in [9.17, 15) is 0 Å². The lowest BCUT2D eigenvalue weighted by Gasteiger charge is -2.15. The van der Waals surface area contributed by atoms with Gasteiger partial charge in [-0.05, 0) is 30.3 Å². The van der Waals surface area contributed by atoms with E-state index in [4.69, 9.17) is 16.3 Å². The standard InChI is InChI=1S/C15H15BrClNO/c1-18(2)13-4-3-5-14(9-13)19-15-7-6-12(17)8-11(15)10-16/h3-9H,10H2,1-2H3. The van der Waals surface area contributed by atoms with Gasteiger partial charge in [-0.1, -0.05) is 33.6 Å². The number of benzene rings is 2. The Balaban J connectivity index is 2.28. The maximum absolute atomic E-state index is 5.98. The lowest BCUT2D eigenvalue weighted by Crippen LogP contribution is -2.08. The molecule has 0 unspecified atom stereocenters. The molecule has 100 valence electrons. The maximum atomic E-state index is 5.98. The molecule has 2 aromatic rings. The van der Waals surface area contributed by atoms with E-state index in [1.165, 1.54) is 0 Å². The highest BCUT2D eigenvalue weighted by Gasteiger charge is 2.06. The minimum Gasteiger partial charge on any atom is -0.457 e. The molecule has 0 spiro atoms. The third-order valence-corrected chi connectivity index (χ3v) is 3.57. The molecule has 0 saturated carbocycles. The minimum atomic E-state index is 0.705. The van der Waals surface area contributed by atoms with Crippen molar-refractivity contribution in [2.45, 2.75) is 5.33 Å². The van der Waals surface area contributed by atoms with Gasteiger partial charge in [-0.25, -0.2) is 0 Å². The highest BCUT2D eigenvalue weighted by molar-refractivity contribution is 9.08. The molecule has 0 aliphatic heterocycles. The molecule has 0 atom stereocenters. The van der Waals surface area contributed by atoms with Crippen LogP contribution in [0.5, 0.6) is 11.5 Å².